The van der Waals surface area contributed by atoms with Gasteiger partial charge in [0.05, 0.1) is 15.5 Å². The number of non-ortho nitro benzene ring substituents is 1. The maximum Gasteiger partial charge on any atom is 0.269 e. The summed E-state index contributed by atoms with van der Waals surface area (Å²) in [6.07, 6.45) is 0.770. The third kappa shape index (κ3) is 4.35. The van der Waals surface area contributed by atoms with Gasteiger partial charge in [-0.2, -0.15) is 4.31 Å². The molecule has 1 aromatic heterocycles. The SMILES string of the molecule is O=[N+]([O-])c1ccc(S(=O)(=O)N2CCN(c3nc(Cc4ccccc4)cs3)CC2)cc1. The van der Waals surface area contributed by atoms with E-state index in [2.05, 4.69) is 17.0 Å². The number of benzene rings is 2. The molecule has 1 aliphatic rings. The lowest BCUT2D eigenvalue weighted by Gasteiger charge is -2.33. The van der Waals surface area contributed by atoms with Gasteiger partial charge in [0, 0.05) is 50.1 Å². The Morgan fingerprint density at radius 1 is 1.00 bits per heavy atom. The normalized spacial score (nSPS) is 15.3. The molecular formula is C20H20N4O4S2. The van der Waals surface area contributed by atoms with E-state index in [1.54, 1.807) is 11.3 Å². The molecule has 0 amide bonds. The van der Waals surface area contributed by atoms with Crippen molar-refractivity contribution in [2.24, 2.45) is 0 Å². The van der Waals surface area contributed by atoms with Crippen molar-refractivity contribution in [2.45, 2.75) is 11.3 Å². The van der Waals surface area contributed by atoms with E-state index in [9.17, 15) is 18.5 Å². The summed E-state index contributed by atoms with van der Waals surface area (Å²) in [5, 5.41) is 13.7. The maximum absolute atomic E-state index is 12.8. The summed E-state index contributed by atoms with van der Waals surface area (Å²) in [5.41, 5.74) is 2.07. The highest BCUT2D eigenvalue weighted by molar-refractivity contribution is 7.89. The molecule has 10 heteroatoms. The van der Waals surface area contributed by atoms with Gasteiger partial charge in [0.2, 0.25) is 10.0 Å². The van der Waals surface area contributed by atoms with Gasteiger partial charge in [-0.15, -0.1) is 11.3 Å². The van der Waals surface area contributed by atoms with E-state index in [4.69, 9.17) is 4.98 Å². The van der Waals surface area contributed by atoms with Crippen LogP contribution in [0, 0.1) is 10.1 Å². The minimum Gasteiger partial charge on any atom is -0.345 e. The Morgan fingerprint density at radius 2 is 1.67 bits per heavy atom. The number of hydrogen-bond acceptors (Lipinski definition) is 7. The molecule has 4 rings (SSSR count). The first-order valence-corrected chi connectivity index (χ1v) is 11.7. The maximum atomic E-state index is 12.8. The van der Waals surface area contributed by atoms with Gasteiger partial charge < -0.3 is 4.90 Å². The number of hydrogen-bond donors (Lipinski definition) is 0. The molecule has 0 spiro atoms. The summed E-state index contributed by atoms with van der Waals surface area (Å²) in [6, 6.07) is 15.1. The zero-order chi connectivity index (χ0) is 21.1. The number of thiazole rings is 1. The van der Waals surface area contributed by atoms with Crippen LogP contribution in [-0.4, -0.2) is 48.8 Å². The highest BCUT2D eigenvalue weighted by atomic mass is 32.2. The molecule has 0 radical (unpaired) electrons. The summed E-state index contributed by atoms with van der Waals surface area (Å²) in [4.78, 5) is 17.1. The lowest BCUT2D eigenvalue weighted by atomic mass is 10.1. The van der Waals surface area contributed by atoms with Crippen molar-refractivity contribution < 1.29 is 13.3 Å². The largest absolute Gasteiger partial charge is 0.345 e. The van der Waals surface area contributed by atoms with Crippen molar-refractivity contribution in [1.29, 1.82) is 0 Å². The van der Waals surface area contributed by atoms with Crippen molar-refractivity contribution in [1.82, 2.24) is 9.29 Å². The van der Waals surface area contributed by atoms with E-state index in [-0.39, 0.29) is 10.6 Å². The molecule has 0 N–H and O–H groups in total. The van der Waals surface area contributed by atoms with Crippen LogP contribution < -0.4 is 4.90 Å². The van der Waals surface area contributed by atoms with Crippen molar-refractivity contribution >= 4 is 32.2 Å². The molecule has 1 fully saturated rings. The molecule has 2 heterocycles. The Bertz CT molecular complexity index is 1120. The number of sulfonamides is 1. The Labute approximate surface area is 178 Å². The molecule has 0 bridgehead atoms. The average Bonchev–Trinajstić information content (AvgIpc) is 3.23. The summed E-state index contributed by atoms with van der Waals surface area (Å²) in [5.74, 6) is 0. The van der Waals surface area contributed by atoms with Crippen LogP contribution in [0.4, 0.5) is 10.8 Å². The number of aromatic nitrogens is 1. The lowest BCUT2D eigenvalue weighted by molar-refractivity contribution is -0.384. The van der Waals surface area contributed by atoms with Gasteiger partial charge in [-0.05, 0) is 17.7 Å². The smallest absolute Gasteiger partial charge is 0.269 e. The van der Waals surface area contributed by atoms with E-state index < -0.39 is 14.9 Å². The predicted octanol–water partition coefficient (Wildman–Crippen LogP) is 3.15. The molecule has 2 aromatic carbocycles. The van der Waals surface area contributed by atoms with Crippen LogP contribution in [0.15, 0.2) is 64.9 Å². The Hall–Kier alpha value is -2.82. The zero-order valence-electron chi connectivity index (χ0n) is 16.0. The molecule has 156 valence electrons. The van der Waals surface area contributed by atoms with Crippen molar-refractivity contribution in [3.63, 3.8) is 0 Å². The van der Waals surface area contributed by atoms with Gasteiger partial charge in [0.1, 0.15) is 0 Å². The highest BCUT2D eigenvalue weighted by Crippen LogP contribution is 2.26. The minimum atomic E-state index is -3.68. The molecular weight excluding hydrogens is 424 g/mol. The summed E-state index contributed by atoms with van der Waals surface area (Å²) in [7, 11) is -3.68. The van der Waals surface area contributed by atoms with Crippen molar-refractivity contribution in [3.05, 3.63) is 81.3 Å². The minimum absolute atomic E-state index is 0.0703. The Balaban J connectivity index is 1.39. The second-order valence-corrected chi connectivity index (χ2v) is 9.70. The van der Waals surface area contributed by atoms with Gasteiger partial charge in [-0.3, -0.25) is 10.1 Å². The number of nitrogens with zero attached hydrogens (tertiary/aromatic N) is 4. The first-order chi connectivity index (χ1) is 14.4. The van der Waals surface area contributed by atoms with Crippen molar-refractivity contribution in [3.8, 4) is 0 Å². The monoisotopic (exact) mass is 444 g/mol. The summed E-state index contributed by atoms with van der Waals surface area (Å²) in [6.45, 7) is 1.77. The van der Waals surface area contributed by atoms with Crippen LogP contribution in [0.5, 0.6) is 0 Å². The molecule has 8 nitrogen and oxygen atoms in total. The van der Waals surface area contributed by atoms with Crippen LogP contribution in [0.1, 0.15) is 11.3 Å². The molecule has 1 saturated heterocycles. The number of piperazine rings is 1. The molecule has 30 heavy (non-hydrogen) atoms. The highest BCUT2D eigenvalue weighted by Gasteiger charge is 2.29. The van der Waals surface area contributed by atoms with Gasteiger partial charge in [-0.25, -0.2) is 13.4 Å². The molecule has 0 atom stereocenters. The summed E-state index contributed by atoms with van der Waals surface area (Å²) >= 11 is 1.57. The molecule has 3 aromatic rings. The Morgan fingerprint density at radius 3 is 2.30 bits per heavy atom. The fourth-order valence-electron chi connectivity index (χ4n) is 3.34. The number of nitro benzene ring substituents is 1. The Kier molecular flexibility index (Phi) is 5.80. The van der Waals surface area contributed by atoms with E-state index in [1.807, 2.05) is 23.6 Å². The third-order valence-corrected chi connectivity index (χ3v) is 7.83. The van der Waals surface area contributed by atoms with E-state index in [1.165, 1.54) is 34.1 Å². The van der Waals surface area contributed by atoms with Gasteiger partial charge >= 0.3 is 0 Å². The van der Waals surface area contributed by atoms with Crippen LogP contribution in [0.2, 0.25) is 0 Å². The average molecular weight is 445 g/mol. The van der Waals surface area contributed by atoms with Crippen LogP contribution in [0.25, 0.3) is 0 Å². The predicted molar refractivity (Wildman–Crippen MR) is 115 cm³/mol. The first-order valence-electron chi connectivity index (χ1n) is 9.41. The molecule has 0 saturated carbocycles. The van der Waals surface area contributed by atoms with Crippen LogP contribution in [-0.2, 0) is 16.4 Å². The second kappa shape index (κ2) is 8.50. The van der Waals surface area contributed by atoms with Crippen LogP contribution >= 0.6 is 11.3 Å². The second-order valence-electron chi connectivity index (χ2n) is 6.93. The fraction of sp³-hybridized carbons (Fsp3) is 0.250. The number of anilines is 1. The molecule has 0 aliphatic carbocycles. The first kappa shape index (κ1) is 20.5. The molecule has 0 unspecified atom stereocenters. The number of rotatable bonds is 6. The molecule has 1 aliphatic heterocycles. The van der Waals surface area contributed by atoms with Gasteiger partial charge in [0.25, 0.3) is 5.69 Å². The van der Waals surface area contributed by atoms with Gasteiger partial charge in [0.15, 0.2) is 5.13 Å². The van der Waals surface area contributed by atoms with E-state index in [0.717, 1.165) is 17.2 Å². The van der Waals surface area contributed by atoms with E-state index in [0.29, 0.717) is 26.2 Å². The summed E-state index contributed by atoms with van der Waals surface area (Å²) < 4.78 is 27.1. The number of nitro groups is 1. The van der Waals surface area contributed by atoms with Crippen molar-refractivity contribution in [2.75, 3.05) is 31.1 Å². The fourth-order valence-corrected chi connectivity index (χ4v) is 5.64. The topological polar surface area (TPSA) is 96.6 Å². The van der Waals surface area contributed by atoms with E-state index >= 15 is 0 Å². The standard InChI is InChI=1S/C20H20N4O4S2/c25-24(26)18-6-8-19(9-7-18)30(27,28)23-12-10-22(11-13-23)20-21-17(15-29-20)14-16-4-2-1-3-5-16/h1-9,15H,10-14H2. The zero-order valence-corrected chi connectivity index (χ0v) is 17.7. The van der Waals surface area contributed by atoms with Crippen LogP contribution in [0.3, 0.4) is 0 Å². The third-order valence-electron chi connectivity index (χ3n) is 4.96. The van der Waals surface area contributed by atoms with Gasteiger partial charge in [-0.1, -0.05) is 30.3 Å². The quantitative estimate of drug-likeness (QED) is 0.428. The lowest BCUT2D eigenvalue weighted by Crippen LogP contribution is -2.48.